The highest BCUT2D eigenvalue weighted by atomic mass is 16.5. The maximum absolute atomic E-state index is 13.1. The number of hydrogen-bond donors (Lipinski definition) is 1. The van der Waals surface area contributed by atoms with Gasteiger partial charge in [0.1, 0.15) is 0 Å². The molecule has 0 aromatic heterocycles. The van der Waals surface area contributed by atoms with Crippen molar-refractivity contribution in [2.75, 3.05) is 18.0 Å². The third-order valence-electron chi connectivity index (χ3n) is 4.82. The molecule has 4 heteroatoms. The van der Waals surface area contributed by atoms with Crippen LogP contribution in [0.4, 0.5) is 5.69 Å². The molecule has 1 aliphatic heterocycles. The molecule has 0 atom stereocenters. The topological polar surface area (TPSA) is 55.6 Å². The lowest BCUT2D eigenvalue weighted by Gasteiger charge is -2.31. The van der Waals surface area contributed by atoms with Crippen molar-refractivity contribution >= 4 is 17.7 Å². The van der Waals surface area contributed by atoms with E-state index in [2.05, 4.69) is 26.0 Å². The van der Waals surface area contributed by atoms with Gasteiger partial charge in [0.05, 0.1) is 5.69 Å². The SMILES string of the molecule is Cc1ccc2c(c1)N(CCCCN)C(=O)/C(=C\c1ccc(C(C)C)cc1)O2. The zero-order valence-electron chi connectivity index (χ0n) is 16.4. The number of carbonyl (C=O) groups is 1. The number of carbonyl (C=O) groups excluding carboxylic acids is 1. The summed E-state index contributed by atoms with van der Waals surface area (Å²) in [6.07, 6.45) is 3.58. The first-order valence-corrected chi connectivity index (χ1v) is 9.61. The van der Waals surface area contributed by atoms with E-state index in [1.54, 1.807) is 0 Å². The molecule has 1 amide bonds. The predicted octanol–water partition coefficient (Wildman–Crippen LogP) is 4.62. The minimum absolute atomic E-state index is 0.0990. The molecule has 3 rings (SSSR count). The average Bonchev–Trinajstić information content (AvgIpc) is 2.65. The van der Waals surface area contributed by atoms with Crippen molar-refractivity contribution in [1.82, 2.24) is 0 Å². The first-order chi connectivity index (χ1) is 13.0. The number of aryl methyl sites for hydroxylation is 1. The number of fused-ring (bicyclic) bond motifs is 1. The van der Waals surface area contributed by atoms with Crippen LogP contribution in [0.25, 0.3) is 6.08 Å². The number of benzene rings is 2. The highest BCUT2D eigenvalue weighted by Gasteiger charge is 2.30. The van der Waals surface area contributed by atoms with Crippen LogP contribution in [-0.2, 0) is 4.79 Å². The molecule has 0 saturated carbocycles. The zero-order valence-corrected chi connectivity index (χ0v) is 16.4. The Bertz CT molecular complexity index is 838. The second-order valence-corrected chi connectivity index (χ2v) is 7.36. The molecule has 0 saturated heterocycles. The number of nitrogens with two attached hydrogens (primary N) is 1. The van der Waals surface area contributed by atoms with Gasteiger partial charge in [-0.1, -0.05) is 44.2 Å². The molecule has 27 heavy (non-hydrogen) atoms. The quantitative estimate of drug-likeness (QED) is 0.601. The minimum atomic E-state index is -0.0990. The summed E-state index contributed by atoms with van der Waals surface area (Å²) >= 11 is 0. The minimum Gasteiger partial charge on any atom is -0.449 e. The maximum atomic E-state index is 13.1. The summed E-state index contributed by atoms with van der Waals surface area (Å²) in [7, 11) is 0. The molecule has 2 N–H and O–H groups in total. The van der Waals surface area contributed by atoms with Crippen LogP contribution in [0.2, 0.25) is 0 Å². The van der Waals surface area contributed by atoms with E-state index in [4.69, 9.17) is 10.5 Å². The molecule has 0 radical (unpaired) electrons. The van der Waals surface area contributed by atoms with Gasteiger partial charge in [0.15, 0.2) is 11.5 Å². The van der Waals surface area contributed by atoms with E-state index in [9.17, 15) is 4.79 Å². The van der Waals surface area contributed by atoms with Crippen LogP contribution in [-0.4, -0.2) is 19.0 Å². The Morgan fingerprint density at radius 2 is 1.85 bits per heavy atom. The van der Waals surface area contributed by atoms with Crippen LogP contribution >= 0.6 is 0 Å². The van der Waals surface area contributed by atoms with Crippen LogP contribution in [0, 0.1) is 6.92 Å². The van der Waals surface area contributed by atoms with E-state index in [1.807, 2.05) is 48.2 Å². The highest BCUT2D eigenvalue weighted by molar-refractivity contribution is 6.09. The Morgan fingerprint density at radius 1 is 1.11 bits per heavy atom. The Hall–Kier alpha value is -2.59. The van der Waals surface area contributed by atoms with Gasteiger partial charge in [-0.15, -0.1) is 0 Å². The van der Waals surface area contributed by atoms with E-state index < -0.39 is 0 Å². The van der Waals surface area contributed by atoms with E-state index in [-0.39, 0.29) is 5.91 Å². The van der Waals surface area contributed by atoms with E-state index >= 15 is 0 Å². The van der Waals surface area contributed by atoms with Gasteiger partial charge >= 0.3 is 0 Å². The van der Waals surface area contributed by atoms with Gasteiger partial charge in [0.2, 0.25) is 0 Å². The molecule has 142 valence electrons. The second kappa shape index (κ2) is 8.40. The molecule has 0 unspecified atom stereocenters. The summed E-state index contributed by atoms with van der Waals surface area (Å²) in [5.41, 5.74) is 9.79. The van der Waals surface area contributed by atoms with Crippen LogP contribution in [0.5, 0.6) is 5.75 Å². The van der Waals surface area contributed by atoms with E-state index in [0.29, 0.717) is 24.8 Å². The first kappa shape index (κ1) is 19.2. The summed E-state index contributed by atoms with van der Waals surface area (Å²) in [4.78, 5) is 14.9. The molecular weight excluding hydrogens is 336 g/mol. The summed E-state index contributed by atoms with van der Waals surface area (Å²) in [5.74, 6) is 1.46. The summed E-state index contributed by atoms with van der Waals surface area (Å²) in [5, 5.41) is 0. The van der Waals surface area contributed by atoms with Gasteiger partial charge in [0, 0.05) is 6.54 Å². The summed E-state index contributed by atoms with van der Waals surface area (Å²) in [6.45, 7) is 7.62. The predicted molar refractivity (Wildman–Crippen MR) is 111 cm³/mol. The molecule has 1 heterocycles. The Kier molecular flexibility index (Phi) is 5.97. The van der Waals surface area contributed by atoms with Crippen LogP contribution in [0.1, 0.15) is 49.3 Å². The largest absolute Gasteiger partial charge is 0.449 e. The highest BCUT2D eigenvalue weighted by Crippen LogP contribution is 2.36. The van der Waals surface area contributed by atoms with Crippen LogP contribution < -0.4 is 15.4 Å². The van der Waals surface area contributed by atoms with Crippen molar-refractivity contribution < 1.29 is 9.53 Å². The Balaban J connectivity index is 1.92. The van der Waals surface area contributed by atoms with E-state index in [0.717, 1.165) is 35.4 Å². The number of ether oxygens (including phenoxy) is 1. The van der Waals surface area contributed by atoms with Crippen molar-refractivity contribution in [3.05, 3.63) is 64.9 Å². The van der Waals surface area contributed by atoms with Crippen molar-refractivity contribution in [3.8, 4) is 5.75 Å². The Labute approximate surface area is 161 Å². The fourth-order valence-corrected chi connectivity index (χ4v) is 3.19. The van der Waals surface area contributed by atoms with Crippen LogP contribution in [0.15, 0.2) is 48.2 Å². The molecule has 4 nitrogen and oxygen atoms in total. The van der Waals surface area contributed by atoms with Gasteiger partial charge in [0.25, 0.3) is 5.91 Å². The Morgan fingerprint density at radius 3 is 2.52 bits per heavy atom. The molecule has 0 bridgehead atoms. The molecule has 2 aromatic rings. The summed E-state index contributed by atoms with van der Waals surface area (Å²) in [6, 6.07) is 14.2. The molecule has 0 aliphatic carbocycles. The monoisotopic (exact) mass is 364 g/mol. The molecule has 2 aromatic carbocycles. The number of hydrogen-bond acceptors (Lipinski definition) is 3. The normalized spacial score (nSPS) is 15.2. The second-order valence-electron chi connectivity index (χ2n) is 7.36. The average molecular weight is 364 g/mol. The molecular formula is C23H28N2O2. The fraction of sp³-hybridized carbons (Fsp3) is 0.348. The number of amides is 1. The van der Waals surface area contributed by atoms with Gasteiger partial charge in [-0.05, 0) is 67.1 Å². The molecule has 0 fully saturated rings. The standard InChI is InChI=1S/C23H28N2O2/c1-16(2)19-9-7-18(8-10-19)15-22-23(26)25(13-5-4-12-24)20-14-17(3)6-11-21(20)27-22/h6-11,14-16H,4-5,12-13,24H2,1-3H3/b22-15+. The number of nitrogens with zero attached hydrogens (tertiary/aromatic N) is 1. The number of unbranched alkanes of at least 4 members (excludes halogenated alkanes) is 1. The third-order valence-corrected chi connectivity index (χ3v) is 4.82. The smallest absolute Gasteiger partial charge is 0.294 e. The number of anilines is 1. The fourth-order valence-electron chi connectivity index (χ4n) is 3.19. The molecule has 1 aliphatic rings. The summed E-state index contributed by atoms with van der Waals surface area (Å²) < 4.78 is 5.96. The van der Waals surface area contributed by atoms with Gasteiger partial charge in [-0.25, -0.2) is 0 Å². The van der Waals surface area contributed by atoms with Gasteiger partial charge in [-0.2, -0.15) is 0 Å². The van der Waals surface area contributed by atoms with Crippen molar-refractivity contribution in [3.63, 3.8) is 0 Å². The lowest BCUT2D eigenvalue weighted by atomic mass is 10.0. The third kappa shape index (κ3) is 4.40. The molecule has 0 spiro atoms. The first-order valence-electron chi connectivity index (χ1n) is 9.61. The van der Waals surface area contributed by atoms with E-state index in [1.165, 1.54) is 5.56 Å². The maximum Gasteiger partial charge on any atom is 0.294 e. The lowest BCUT2D eigenvalue weighted by Crippen LogP contribution is -2.38. The van der Waals surface area contributed by atoms with Crippen LogP contribution in [0.3, 0.4) is 0 Å². The van der Waals surface area contributed by atoms with Crippen molar-refractivity contribution in [1.29, 1.82) is 0 Å². The lowest BCUT2D eigenvalue weighted by molar-refractivity contribution is -0.117. The van der Waals surface area contributed by atoms with Gasteiger partial charge in [-0.3, -0.25) is 4.79 Å². The number of rotatable bonds is 6. The van der Waals surface area contributed by atoms with Crippen molar-refractivity contribution in [2.45, 2.75) is 39.5 Å². The zero-order chi connectivity index (χ0) is 19.4. The van der Waals surface area contributed by atoms with Gasteiger partial charge < -0.3 is 15.4 Å². The van der Waals surface area contributed by atoms with Crippen molar-refractivity contribution in [2.24, 2.45) is 5.73 Å².